The van der Waals surface area contributed by atoms with Gasteiger partial charge in [0.25, 0.3) is 15.8 Å². The van der Waals surface area contributed by atoms with Gasteiger partial charge >= 0.3 is 0 Å². The van der Waals surface area contributed by atoms with Crippen molar-refractivity contribution in [2.75, 3.05) is 0 Å². The molecule has 1 saturated carbocycles. The van der Waals surface area contributed by atoms with Crippen LogP contribution < -0.4 is 0 Å². The Bertz CT molecular complexity index is 712. The van der Waals surface area contributed by atoms with Crippen molar-refractivity contribution in [1.82, 2.24) is 0 Å². The number of nitrogens with zero attached hydrogens (tertiary/aromatic N) is 4. The van der Waals surface area contributed by atoms with Crippen LogP contribution in [0.1, 0.15) is 32.1 Å². The highest BCUT2D eigenvalue weighted by Gasteiger charge is 2.29. The van der Waals surface area contributed by atoms with E-state index in [1.807, 2.05) is 0 Å². The lowest BCUT2D eigenvalue weighted by atomic mass is 10.1. The van der Waals surface area contributed by atoms with Gasteiger partial charge in [0.2, 0.25) is 0 Å². The van der Waals surface area contributed by atoms with Crippen LogP contribution in [0.4, 0.5) is 5.69 Å². The zero-order valence-electron chi connectivity index (χ0n) is 12.2. The molecule has 2 rings (SSSR count). The van der Waals surface area contributed by atoms with E-state index in [0.29, 0.717) is 12.8 Å². The molecule has 1 aromatic rings. The zero-order chi connectivity index (χ0) is 16.9. The largest absolute Gasteiger partial charge is 0.297 e. The predicted molar refractivity (Wildman–Crippen MR) is 81.2 cm³/mol. The summed E-state index contributed by atoms with van der Waals surface area (Å²) in [6, 6.07) is 3.94. The van der Waals surface area contributed by atoms with Crippen LogP contribution in [0.2, 0.25) is 0 Å². The molecule has 0 bridgehead atoms. The van der Waals surface area contributed by atoms with E-state index >= 15 is 0 Å². The van der Waals surface area contributed by atoms with Crippen molar-refractivity contribution >= 4 is 15.8 Å². The van der Waals surface area contributed by atoms with Gasteiger partial charge in [-0.3, -0.25) is 14.3 Å². The van der Waals surface area contributed by atoms with Gasteiger partial charge in [-0.2, -0.15) is 8.42 Å². The lowest BCUT2D eigenvalue weighted by Crippen LogP contribution is -2.29. The molecule has 1 fully saturated rings. The Balaban J connectivity index is 2.21. The zero-order valence-corrected chi connectivity index (χ0v) is 13.1. The van der Waals surface area contributed by atoms with Gasteiger partial charge in [-0.25, -0.2) is 0 Å². The van der Waals surface area contributed by atoms with Crippen LogP contribution in [0.25, 0.3) is 10.4 Å². The van der Waals surface area contributed by atoms with Gasteiger partial charge in [-0.05, 0) is 30.5 Å². The van der Waals surface area contributed by atoms with Gasteiger partial charge in [0.05, 0.1) is 22.0 Å². The van der Waals surface area contributed by atoms with Crippen molar-refractivity contribution in [3.63, 3.8) is 0 Å². The number of nitro benzene ring substituents is 1. The first kappa shape index (κ1) is 17.2. The maximum absolute atomic E-state index is 12.3. The van der Waals surface area contributed by atoms with E-state index in [0.717, 1.165) is 43.5 Å². The summed E-state index contributed by atoms with van der Waals surface area (Å²) in [4.78, 5) is 12.6. The molecule has 0 radical (unpaired) electrons. The van der Waals surface area contributed by atoms with Gasteiger partial charge in [0, 0.05) is 17.0 Å². The van der Waals surface area contributed by atoms with Gasteiger partial charge in [0.15, 0.2) is 0 Å². The number of rotatable bonds is 5. The summed E-state index contributed by atoms with van der Waals surface area (Å²) in [6.07, 6.45) is 2.91. The van der Waals surface area contributed by atoms with Crippen molar-refractivity contribution in [2.45, 2.75) is 49.1 Å². The molecule has 23 heavy (non-hydrogen) atoms. The van der Waals surface area contributed by atoms with Crippen molar-refractivity contribution in [3.8, 4) is 0 Å². The summed E-state index contributed by atoms with van der Waals surface area (Å²) in [5.74, 6) is 0. The van der Waals surface area contributed by atoms with E-state index in [-0.39, 0.29) is 10.6 Å². The minimum absolute atomic E-state index is 0.160. The molecule has 2 atom stereocenters. The molecule has 9 nitrogen and oxygen atoms in total. The first-order valence-electron chi connectivity index (χ1n) is 7.16. The quantitative estimate of drug-likeness (QED) is 0.154. The van der Waals surface area contributed by atoms with Crippen LogP contribution in [0.5, 0.6) is 0 Å². The Morgan fingerprint density at radius 1 is 1.22 bits per heavy atom. The van der Waals surface area contributed by atoms with Crippen LogP contribution in [0, 0.1) is 10.1 Å². The fourth-order valence-electron chi connectivity index (χ4n) is 2.52. The molecule has 1 aliphatic carbocycles. The maximum atomic E-state index is 12.3. The van der Waals surface area contributed by atoms with E-state index in [2.05, 4.69) is 10.0 Å². The van der Waals surface area contributed by atoms with E-state index in [4.69, 9.17) is 9.71 Å². The average molecular weight is 340 g/mol. The van der Waals surface area contributed by atoms with Crippen molar-refractivity contribution in [2.24, 2.45) is 5.11 Å². The van der Waals surface area contributed by atoms with Crippen LogP contribution in [-0.4, -0.2) is 25.5 Å². The number of nitro groups is 1. The fraction of sp³-hybridized carbons (Fsp3) is 0.538. The molecule has 1 aromatic carbocycles. The van der Waals surface area contributed by atoms with Crippen LogP contribution in [0.15, 0.2) is 34.3 Å². The highest BCUT2D eigenvalue weighted by molar-refractivity contribution is 7.86. The predicted octanol–water partition coefficient (Wildman–Crippen LogP) is 3.31. The molecule has 0 saturated heterocycles. The van der Waals surface area contributed by atoms with E-state index < -0.39 is 27.2 Å². The molecular weight excluding hydrogens is 324 g/mol. The van der Waals surface area contributed by atoms with E-state index in [1.165, 1.54) is 0 Å². The third kappa shape index (κ3) is 4.41. The Morgan fingerprint density at radius 3 is 2.48 bits per heavy atom. The normalized spacial score (nSPS) is 21.9. The van der Waals surface area contributed by atoms with Crippen molar-refractivity contribution in [3.05, 3.63) is 44.8 Å². The molecule has 0 heterocycles. The monoisotopic (exact) mass is 340 g/mol. The average Bonchev–Trinajstić information content (AvgIpc) is 2.73. The highest BCUT2D eigenvalue weighted by Crippen LogP contribution is 2.27. The Hall–Kier alpha value is -2.16. The minimum atomic E-state index is -4.08. The number of non-ortho nitro benzene ring substituents is 1. The summed E-state index contributed by atoms with van der Waals surface area (Å²) >= 11 is 0. The third-order valence-electron chi connectivity index (χ3n) is 3.70. The van der Waals surface area contributed by atoms with Gasteiger partial charge in [0.1, 0.15) is 0 Å². The molecule has 0 spiro atoms. The minimum Gasteiger partial charge on any atom is -0.263 e. The molecule has 0 aliphatic heterocycles. The van der Waals surface area contributed by atoms with Gasteiger partial charge in [-0.15, -0.1) is 0 Å². The number of benzene rings is 1. The standard InChI is InChI=1S/C13H16N4O5S/c14-16-15-12-4-2-1-3-5-13(12)22-23(20,21)11-8-6-10(7-9-11)17(18)19/h6-9,12-13H,1-5H2/t12-,13-/m1/s1. The third-order valence-corrected chi connectivity index (χ3v) is 5.05. The van der Waals surface area contributed by atoms with Crippen LogP contribution in [-0.2, 0) is 14.3 Å². The molecular formula is C13H16N4O5S. The molecule has 0 aromatic heterocycles. The van der Waals surface area contributed by atoms with Crippen LogP contribution in [0.3, 0.4) is 0 Å². The van der Waals surface area contributed by atoms with E-state index in [1.54, 1.807) is 0 Å². The second-order valence-electron chi connectivity index (χ2n) is 5.25. The molecule has 1 aliphatic rings. The smallest absolute Gasteiger partial charge is 0.263 e. The second kappa shape index (κ2) is 7.40. The van der Waals surface area contributed by atoms with Gasteiger partial charge in [-0.1, -0.05) is 24.4 Å². The summed E-state index contributed by atoms with van der Waals surface area (Å²) in [7, 11) is -4.08. The summed E-state index contributed by atoms with van der Waals surface area (Å²) in [5, 5.41) is 14.3. The molecule has 0 unspecified atom stereocenters. The molecule has 10 heteroatoms. The Kier molecular flexibility index (Phi) is 5.54. The van der Waals surface area contributed by atoms with Crippen molar-refractivity contribution in [1.29, 1.82) is 0 Å². The van der Waals surface area contributed by atoms with E-state index in [9.17, 15) is 18.5 Å². The Morgan fingerprint density at radius 2 is 1.87 bits per heavy atom. The summed E-state index contributed by atoms with van der Waals surface area (Å²) < 4.78 is 29.9. The lowest BCUT2D eigenvalue weighted by Gasteiger charge is -2.20. The summed E-state index contributed by atoms with van der Waals surface area (Å²) in [6.45, 7) is 0. The lowest BCUT2D eigenvalue weighted by molar-refractivity contribution is -0.384. The second-order valence-corrected chi connectivity index (χ2v) is 6.82. The number of hydrogen-bond donors (Lipinski definition) is 0. The summed E-state index contributed by atoms with van der Waals surface area (Å²) in [5.41, 5.74) is 8.41. The SMILES string of the molecule is [N-]=[N+]=N[C@@H]1CCCCC[C@H]1OS(=O)(=O)c1ccc([N+](=O)[O-])cc1. The molecule has 124 valence electrons. The molecule has 0 amide bonds. The first-order chi connectivity index (χ1) is 10.9. The maximum Gasteiger partial charge on any atom is 0.297 e. The first-order valence-corrected chi connectivity index (χ1v) is 8.57. The van der Waals surface area contributed by atoms with Crippen molar-refractivity contribution < 1.29 is 17.5 Å². The van der Waals surface area contributed by atoms with Gasteiger partial charge < -0.3 is 0 Å². The Labute approximate surface area is 133 Å². The number of azide groups is 1. The van der Waals surface area contributed by atoms with Crippen LogP contribution >= 0.6 is 0 Å². The topological polar surface area (TPSA) is 135 Å². The molecule has 0 N–H and O–H groups in total. The highest BCUT2D eigenvalue weighted by atomic mass is 32.2. The number of hydrogen-bond acceptors (Lipinski definition) is 6. The fourth-order valence-corrected chi connectivity index (χ4v) is 3.65.